The third kappa shape index (κ3) is 4.32. The highest BCUT2D eigenvalue weighted by molar-refractivity contribution is 5.56. The summed E-state index contributed by atoms with van der Waals surface area (Å²) in [6.07, 6.45) is 1.50. The molecule has 0 aliphatic heterocycles. The van der Waals surface area contributed by atoms with E-state index in [1.165, 1.54) is 0 Å². The Morgan fingerprint density at radius 2 is 1.90 bits per heavy atom. The fourth-order valence-electron chi connectivity index (χ4n) is 1.97. The van der Waals surface area contributed by atoms with Crippen LogP contribution in [0.1, 0.15) is 45.0 Å². The molecule has 0 aromatic carbocycles. The molecule has 2 aromatic rings. The molecule has 2 aromatic heterocycles. The maximum atomic E-state index is 5.75. The molecule has 0 radical (unpaired) electrons. The first-order valence-electron chi connectivity index (χ1n) is 7.30. The Kier molecular flexibility index (Phi) is 4.67. The predicted octanol–water partition coefficient (Wildman–Crippen LogP) is 2.33. The first kappa shape index (κ1) is 15.6. The lowest BCUT2D eigenvalue weighted by Gasteiger charge is -2.19. The van der Waals surface area contributed by atoms with Crippen molar-refractivity contribution in [2.45, 2.75) is 53.0 Å². The normalized spacial score (nSPS) is 11.9. The second-order valence-electron chi connectivity index (χ2n) is 6.13. The summed E-state index contributed by atoms with van der Waals surface area (Å²) in [6, 6.07) is 1.94. The van der Waals surface area contributed by atoms with Gasteiger partial charge in [-0.3, -0.25) is 0 Å². The average Bonchev–Trinajstić information content (AvgIpc) is 2.86. The highest BCUT2D eigenvalue weighted by atomic mass is 16.4. The van der Waals surface area contributed by atoms with Crippen molar-refractivity contribution in [2.24, 2.45) is 0 Å². The van der Waals surface area contributed by atoms with Gasteiger partial charge in [0.1, 0.15) is 0 Å². The summed E-state index contributed by atoms with van der Waals surface area (Å²) in [7, 11) is 0. The van der Waals surface area contributed by atoms with Crippen LogP contribution < -0.4 is 5.32 Å². The molecule has 0 spiro atoms. The molecule has 0 fully saturated rings. The van der Waals surface area contributed by atoms with Crippen LogP contribution in [-0.2, 0) is 12.8 Å². The monoisotopic (exact) mass is 289 g/mol. The third-order valence-electron chi connectivity index (χ3n) is 3.02. The van der Waals surface area contributed by atoms with Crippen LogP contribution in [0.25, 0.3) is 11.5 Å². The van der Waals surface area contributed by atoms with Crippen molar-refractivity contribution < 1.29 is 4.42 Å². The first-order chi connectivity index (χ1) is 9.89. The molecule has 114 valence electrons. The van der Waals surface area contributed by atoms with E-state index in [0.29, 0.717) is 18.2 Å². The lowest BCUT2D eigenvalue weighted by atomic mass is 10.1. The Balaban J connectivity index is 2.11. The number of hydrogen-bond donors (Lipinski definition) is 1. The molecule has 0 aliphatic rings. The third-order valence-corrected chi connectivity index (χ3v) is 3.02. The summed E-state index contributed by atoms with van der Waals surface area (Å²) >= 11 is 0. The van der Waals surface area contributed by atoms with E-state index in [2.05, 4.69) is 46.5 Å². The molecular formula is C15H23N5O. The Morgan fingerprint density at radius 1 is 1.14 bits per heavy atom. The quantitative estimate of drug-likeness (QED) is 0.910. The van der Waals surface area contributed by atoms with Gasteiger partial charge in [0.2, 0.25) is 11.8 Å². The van der Waals surface area contributed by atoms with Crippen molar-refractivity contribution in [1.82, 2.24) is 25.7 Å². The number of nitrogens with one attached hydrogen (secondary N) is 1. The SMILES string of the molecule is CCc1nnc(C)cc1-c1nnc(CCNC(C)(C)C)o1. The number of aryl methyl sites for hydroxylation is 2. The van der Waals surface area contributed by atoms with Crippen LogP contribution in [0.5, 0.6) is 0 Å². The number of hydrogen-bond acceptors (Lipinski definition) is 6. The van der Waals surface area contributed by atoms with Gasteiger partial charge in [0, 0.05) is 18.5 Å². The lowest BCUT2D eigenvalue weighted by molar-refractivity contribution is 0.411. The molecule has 0 saturated heterocycles. The highest BCUT2D eigenvalue weighted by Gasteiger charge is 2.15. The molecule has 6 heteroatoms. The van der Waals surface area contributed by atoms with Crippen LogP contribution in [0, 0.1) is 6.92 Å². The Labute approximate surface area is 125 Å². The van der Waals surface area contributed by atoms with Gasteiger partial charge in [-0.1, -0.05) is 6.92 Å². The summed E-state index contributed by atoms with van der Waals surface area (Å²) in [5.41, 5.74) is 2.69. The minimum absolute atomic E-state index is 0.0877. The topological polar surface area (TPSA) is 76.7 Å². The molecule has 2 rings (SSSR count). The van der Waals surface area contributed by atoms with E-state index in [9.17, 15) is 0 Å². The summed E-state index contributed by atoms with van der Waals surface area (Å²) < 4.78 is 5.75. The smallest absolute Gasteiger partial charge is 0.249 e. The van der Waals surface area contributed by atoms with E-state index < -0.39 is 0 Å². The molecule has 0 atom stereocenters. The molecule has 6 nitrogen and oxygen atoms in total. The predicted molar refractivity (Wildman–Crippen MR) is 80.9 cm³/mol. The number of rotatable bonds is 5. The van der Waals surface area contributed by atoms with Crippen LogP contribution in [0.4, 0.5) is 0 Å². The van der Waals surface area contributed by atoms with Gasteiger partial charge in [-0.2, -0.15) is 10.2 Å². The van der Waals surface area contributed by atoms with Gasteiger partial charge in [0.05, 0.1) is 17.0 Å². The van der Waals surface area contributed by atoms with Gasteiger partial charge in [-0.05, 0) is 40.2 Å². The zero-order valence-electron chi connectivity index (χ0n) is 13.4. The maximum Gasteiger partial charge on any atom is 0.249 e. The van der Waals surface area contributed by atoms with Crippen molar-refractivity contribution in [1.29, 1.82) is 0 Å². The summed E-state index contributed by atoms with van der Waals surface area (Å²) in [5, 5.41) is 19.9. The highest BCUT2D eigenvalue weighted by Crippen LogP contribution is 2.21. The number of aromatic nitrogens is 4. The van der Waals surface area contributed by atoms with E-state index in [0.717, 1.165) is 29.9 Å². The standard InChI is InChI=1S/C15H23N5O/c1-6-12-11(9-10(2)17-18-12)14-20-19-13(21-14)7-8-16-15(3,4)5/h9,16H,6-8H2,1-5H3. The molecule has 0 unspecified atom stereocenters. The van der Waals surface area contributed by atoms with Crippen LogP contribution in [0.15, 0.2) is 10.5 Å². The fraction of sp³-hybridized carbons (Fsp3) is 0.600. The maximum absolute atomic E-state index is 5.75. The van der Waals surface area contributed by atoms with Gasteiger partial charge < -0.3 is 9.73 Å². The molecule has 0 aliphatic carbocycles. The van der Waals surface area contributed by atoms with Gasteiger partial charge in [0.15, 0.2) is 0 Å². The van der Waals surface area contributed by atoms with Gasteiger partial charge in [0.25, 0.3) is 0 Å². The minimum atomic E-state index is 0.0877. The molecule has 0 amide bonds. The molecule has 1 N–H and O–H groups in total. The largest absolute Gasteiger partial charge is 0.421 e. The Bertz CT molecular complexity index is 600. The van der Waals surface area contributed by atoms with Gasteiger partial charge >= 0.3 is 0 Å². The zero-order chi connectivity index (χ0) is 15.5. The van der Waals surface area contributed by atoms with Crippen LogP contribution in [0.3, 0.4) is 0 Å². The average molecular weight is 289 g/mol. The Hall–Kier alpha value is -1.82. The van der Waals surface area contributed by atoms with E-state index in [1.54, 1.807) is 0 Å². The Morgan fingerprint density at radius 3 is 2.57 bits per heavy atom. The molecule has 0 bridgehead atoms. The van der Waals surface area contributed by atoms with E-state index in [-0.39, 0.29) is 5.54 Å². The second kappa shape index (κ2) is 6.30. The molecule has 21 heavy (non-hydrogen) atoms. The van der Waals surface area contributed by atoms with Crippen molar-refractivity contribution in [3.63, 3.8) is 0 Å². The van der Waals surface area contributed by atoms with E-state index in [1.807, 2.05) is 19.9 Å². The summed E-state index contributed by atoms with van der Waals surface area (Å²) in [6.45, 7) is 11.1. The van der Waals surface area contributed by atoms with Gasteiger partial charge in [-0.25, -0.2) is 0 Å². The second-order valence-corrected chi connectivity index (χ2v) is 6.13. The van der Waals surface area contributed by atoms with Crippen molar-refractivity contribution >= 4 is 0 Å². The van der Waals surface area contributed by atoms with Crippen LogP contribution in [-0.4, -0.2) is 32.5 Å². The van der Waals surface area contributed by atoms with Crippen LogP contribution in [0.2, 0.25) is 0 Å². The first-order valence-corrected chi connectivity index (χ1v) is 7.30. The van der Waals surface area contributed by atoms with Crippen LogP contribution >= 0.6 is 0 Å². The number of nitrogens with zero attached hydrogens (tertiary/aromatic N) is 4. The molecule has 2 heterocycles. The summed E-state index contributed by atoms with van der Waals surface area (Å²) in [5.74, 6) is 1.16. The fourth-order valence-corrected chi connectivity index (χ4v) is 1.97. The van der Waals surface area contributed by atoms with Crippen molar-refractivity contribution in [3.8, 4) is 11.5 Å². The van der Waals surface area contributed by atoms with Gasteiger partial charge in [-0.15, -0.1) is 10.2 Å². The van der Waals surface area contributed by atoms with E-state index >= 15 is 0 Å². The van der Waals surface area contributed by atoms with E-state index in [4.69, 9.17) is 4.42 Å². The molecular weight excluding hydrogens is 266 g/mol. The minimum Gasteiger partial charge on any atom is -0.421 e. The lowest BCUT2D eigenvalue weighted by Crippen LogP contribution is -2.37. The van der Waals surface area contributed by atoms with Crippen molar-refractivity contribution in [3.05, 3.63) is 23.3 Å². The summed E-state index contributed by atoms with van der Waals surface area (Å²) in [4.78, 5) is 0. The van der Waals surface area contributed by atoms with Crippen molar-refractivity contribution in [2.75, 3.05) is 6.54 Å². The zero-order valence-corrected chi connectivity index (χ0v) is 13.4. The molecule has 0 saturated carbocycles.